The summed E-state index contributed by atoms with van der Waals surface area (Å²) < 4.78 is 24.4. The molecule has 2 aromatic rings. The number of halogens is 2. The number of thioether (sulfide) groups is 1. The highest BCUT2D eigenvalue weighted by Crippen LogP contribution is 2.36. The molecule has 3 rings (SSSR count). The Kier molecular flexibility index (Phi) is 5.72. The molecule has 0 saturated carbocycles. The van der Waals surface area contributed by atoms with Crippen LogP contribution in [0.4, 0.5) is 9.18 Å². The Labute approximate surface area is 164 Å². The number of ether oxygens (including phenoxy) is 2. The number of rotatable bonds is 5. The van der Waals surface area contributed by atoms with E-state index in [1.165, 1.54) is 32.4 Å². The van der Waals surface area contributed by atoms with Crippen molar-refractivity contribution in [2.24, 2.45) is 0 Å². The maximum atomic E-state index is 14.0. The van der Waals surface area contributed by atoms with Crippen molar-refractivity contribution < 1.29 is 23.5 Å². The van der Waals surface area contributed by atoms with E-state index in [4.69, 9.17) is 21.1 Å². The Bertz CT molecular complexity index is 927. The van der Waals surface area contributed by atoms with E-state index in [1.807, 2.05) is 0 Å². The Morgan fingerprint density at radius 1 is 1.19 bits per heavy atom. The number of nitrogens with zero attached hydrogens (tertiary/aromatic N) is 1. The first kappa shape index (κ1) is 19.3. The van der Waals surface area contributed by atoms with Crippen LogP contribution in [0.3, 0.4) is 0 Å². The highest BCUT2D eigenvalue weighted by molar-refractivity contribution is 8.18. The fraction of sp³-hybridized carbons (Fsp3) is 0.158. The van der Waals surface area contributed by atoms with Crippen molar-refractivity contribution in [3.8, 4) is 11.5 Å². The number of carbonyl (C=O) groups is 2. The van der Waals surface area contributed by atoms with Crippen molar-refractivity contribution in [2.75, 3.05) is 14.2 Å². The molecule has 0 aliphatic carbocycles. The van der Waals surface area contributed by atoms with Crippen molar-refractivity contribution in [1.82, 2.24) is 4.90 Å². The Balaban J connectivity index is 1.89. The normalized spacial score (nSPS) is 15.6. The Morgan fingerprint density at radius 2 is 1.96 bits per heavy atom. The highest BCUT2D eigenvalue weighted by Gasteiger charge is 2.36. The largest absolute Gasteiger partial charge is 0.497 e. The first-order chi connectivity index (χ1) is 12.9. The molecule has 0 aromatic heterocycles. The van der Waals surface area contributed by atoms with Crippen molar-refractivity contribution in [2.45, 2.75) is 6.54 Å². The maximum Gasteiger partial charge on any atom is 0.293 e. The highest BCUT2D eigenvalue weighted by atomic mass is 35.5. The minimum Gasteiger partial charge on any atom is -0.497 e. The van der Waals surface area contributed by atoms with E-state index in [2.05, 4.69) is 0 Å². The standard InChI is InChI=1S/C19H15ClFNO4S/c1-25-12-7-6-11(16(9-12)26-2)8-17-18(23)22(19(24)27-17)10-13-14(20)4-3-5-15(13)21/h3-9H,10H2,1-2H3/b17-8-. The lowest BCUT2D eigenvalue weighted by Gasteiger charge is -2.14. The van der Waals surface area contributed by atoms with Crippen LogP contribution in [-0.4, -0.2) is 30.3 Å². The second-order valence-corrected chi connectivity index (χ2v) is 6.98. The van der Waals surface area contributed by atoms with Crippen LogP contribution in [0.2, 0.25) is 5.02 Å². The zero-order chi connectivity index (χ0) is 19.6. The number of hydrogen-bond acceptors (Lipinski definition) is 5. The van der Waals surface area contributed by atoms with E-state index in [-0.39, 0.29) is 22.0 Å². The molecule has 0 bridgehead atoms. The molecule has 2 amide bonds. The molecule has 27 heavy (non-hydrogen) atoms. The van der Waals surface area contributed by atoms with E-state index in [1.54, 1.807) is 24.3 Å². The van der Waals surface area contributed by atoms with Crippen molar-refractivity contribution in [3.05, 3.63) is 63.3 Å². The molecule has 8 heteroatoms. The second-order valence-electron chi connectivity index (χ2n) is 5.58. The zero-order valence-corrected chi connectivity index (χ0v) is 16.1. The molecule has 0 spiro atoms. The summed E-state index contributed by atoms with van der Waals surface area (Å²) in [6.45, 7) is -0.229. The second kappa shape index (κ2) is 8.02. The van der Waals surface area contributed by atoms with Gasteiger partial charge in [-0.1, -0.05) is 17.7 Å². The third-order valence-corrected chi connectivity index (χ3v) is 5.24. The minimum atomic E-state index is -0.567. The number of methoxy groups -OCH3 is 2. The lowest BCUT2D eigenvalue weighted by atomic mass is 10.1. The molecular weight excluding hydrogens is 393 g/mol. The van der Waals surface area contributed by atoms with Crippen LogP contribution in [0.1, 0.15) is 11.1 Å². The van der Waals surface area contributed by atoms with Gasteiger partial charge in [0.25, 0.3) is 11.1 Å². The summed E-state index contributed by atoms with van der Waals surface area (Å²) >= 11 is 6.78. The smallest absolute Gasteiger partial charge is 0.293 e. The fourth-order valence-corrected chi connectivity index (χ4v) is 3.61. The molecule has 140 valence electrons. The SMILES string of the molecule is COc1ccc(/C=C2\SC(=O)N(Cc3c(F)cccc3Cl)C2=O)c(OC)c1. The molecule has 1 fully saturated rings. The minimum absolute atomic E-state index is 0.102. The molecule has 0 atom stereocenters. The molecular formula is C19H15ClFNO4S. The topological polar surface area (TPSA) is 55.8 Å². The van der Waals surface area contributed by atoms with E-state index < -0.39 is 17.0 Å². The molecule has 2 aromatic carbocycles. The Morgan fingerprint density at radius 3 is 2.63 bits per heavy atom. The van der Waals surface area contributed by atoms with Gasteiger partial charge in [0.2, 0.25) is 0 Å². The molecule has 1 aliphatic heterocycles. The number of carbonyl (C=O) groups excluding carboxylic acids is 2. The van der Waals surface area contributed by atoms with Gasteiger partial charge < -0.3 is 9.47 Å². The molecule has 0 unspecified atom stereocenters. The monoisotopic (exact) mass is 407 g/mol. The van der Waals surface area contributed by atoms with Gasteiger partial charge in [-0.25, -0.2) is 4.39 Å². The molecule has 5 nitrogen and oxygen atoms in total. The number of imide groups is 1. The fourth-order valence-electron chi connectivity index (χ4n) is 2.56. The van der Waals surface area contributed by atoms with Crippen LogP contribution in [-0.2, 0) is 11.3 Å². The summed E-state index contributed by atoms with van der Waals surface area (Å²) in [7, 11) is 3.03. The lowest BCUT2D eigenvalue weighted by Crippen LogP contribution is -2.28. The van der Waals surface area contributed by atoms with Crippen molar-refractivity contribution in [3.63, 3.8) is 0 Å². The van der Waals surface area contributed by atoms with Gasteiger partial charge in [-0.3, -0.25) is 14.5 Å². The van der Waals surface area contributed by atoms with Crippen LogP contribution in [0.25, 0.3) is 6.08 Å². The summed E-state index contributed by atoms with van der Waals surface area (Å²) in [4.78, 5) is 26.1. The first-order valence-electron chi connectivity index (χ1n) is 7.85. The van der Waals surface area contributed by atoms with E-state index >= 15 is 0 Å². The van der Waals surface area contributed by atoms with E-state index in [0.29, 0.717) is 17.1 Å². The van der Waals surface area contributed by atoms with E-state index in [9.17, 15) is 14.0 Å². The van der Waals surface area contributed by atoms with Gasteiger partial charge in [-0.2, -0.15) is 0 Å². The van der Waals surface area contributed by atoms with Crippen molar-refractivity contribution >= 4 is 40.6 Å². The van der Waals surface area contributed by atoms with Gasteiger partial charge in [0.05, 0.1) is 25.7 Å². The number of amides is 2. The van der Waals surface area contributed by atoms with Gasteiger partial charge in [0.1, 0.15) is 17.3 Å². The zero-order valence-electron chi connectivity index (χ0n) is 14.5. The predicted octanol–water partition coefficient (Wildman–Crippen LogP) is 4.73. The average Bonchev–Trinajstić information content (AvgIpc) is 2.92. The number of benzene rings is 2. The van der Waals surface area contributed by atoms with Crippen LogP contribution in [0.5, 0.6) is 11.5 Å². The van der Waals surface area contributed by atoms with Crippen molar-refractivity contribution in [1.29, 1.82) is 0 Å². The summed E-state index contributed by atoms with van der Waals surface area (Å²) in [6.07, 6.45) is 1.56. The third-order valence-electron chi connectivity index (χ3n) is 3.98. The molecule has 1 heterocycles. The third kappa shape index (κ3) is 3.94. The quantitative estimate of drug-likeness (QED) is 0.670. The van der Waals surface area contributed by atoms with Crippen LogP contribution in [0.15, 0.2) is 41.3 Å². The summed E-state index contributed by atoms with van der Waals surface area (Å²) in [5.41, 5.74) is 0.720. The molecule has 0 N–H and O–H groups in total. The summed E-state index contributed by atoms with van der Waals surface area (Å²) in [5.74, 6) is 0.0224. The summed E-state index contributed by atoms with van der Waals surface area (Å²) in [5, 5.41) is -0.326. The molecule has 0 radical (unpaired) electrons. The van der Waals surface area contributed by atoms with Gasteiger partial charge in [-0.05, 0) is 42.1 Å². The maximum absolute atomic E-state index is 14.0. The van der Waals surface area contributed by atoms with Crippen LogP contribution < -0.4 is 9.47 Å². The van der Waals surface area contributed by atoms with Crippen LogP contribution >= 0.6 is 23.4 Å². The van der Waals surface area contributed by atoms with Gasteiger partial charge in [0, 0.05) is 22.2 Å². The Hall–Kier alpha value is -2.51. The predicted molar refractivity (Wildman–Crippen MR) is 102 cm³/mol. The number of hydrogen-bond donors (Lipinski definition) is 0. The van der Waals surface area contributed by atoms with Gasteiger partial charge >= 0.3 is 0 Å². The first-order valence-corrected chi connectivity index (χ1v) is 9.04. The lowest BCUT2D eigenvalue weighted by molar-refractivity contribution is -0.123. The van der Waals surface area contributed by atoms with E-state index in [0.717, 1.165) is 16.7 Å². The van der Waals surface area contributed by atoms with Gasteiger partial charge in [0.15, 0.2) is 0 Å². The molecule has 1 aliphatic rings. The van der Waals surface area contributed by atoms with Crippen LogP contribution in [0, 0.1) is 5.82 Å². The van der Waals surface area contributed by atoms with Gasteiger partial charge in [-0.15, -0.1) is 0 Å². The average molecular weight is 408 g/mol. The molecule has 1 saturated heterocycles. The summed E-state index contributed by atoms with van der Waals surface area (Å²) in [6, 6.07) is 9.33.